The lowest BCUT2D eigenvalue weighted by Crippen LogP contribution is -2.45. The molecule has 0 amide bonds. The monoisotopic (exact) mass is 288 g/mol. The molecule has 0 radical (unpaired) electrons. The Morgan fingerprint density at radius 1 is 1.10 bits per heavy atom. The first-order valence-electron chi connectivity index (χ1n) is 8.74. The van der Waals surface area contributed by atoms with Crippen molar-refractivity contribution in [3.63, 3.8) is 0 Å². The van der Waals surface area contributed by atoms with Gasteiger partial charge in [0, 0.05) is 18.1 Å². The maximum atomic E-state index is 3.69. The summed E-state index contributed by atoms with van der Waals surface area (Å²) in [5.74, 6) is 0. The van der Waals surface area contributed by atoms with Crippen LogP contribution in [-0.2, 0) is 0 Å². The third-order valence-corrected chi connectivity index (χ3v) is 5.11. The van der Waals surface area contributed by atoms with Crippen LogP contribution in [0.5, 0.6) is 0 Å². The second-order valence-electron chi connectivity index (χ2n) is 6.50. The lowest BCUT2D eigenvalue weighted by atomic mass is 9.96. The van der Waals surface area contributed by atoms with E-state index in [-0.39, 0.29) is 0 Å². The fourth-order valence-electron chi connectivity index (χ4n) is 3.68. The Balaban J connectivity index is 2.07. The first-order valence-corrected chi connectivity index (χ1v) is 8.74. The van der Waals surface area contributed by atoms with Gasteiger partial charge in [-0.2, -0.15) is 0 Å². The lowest BCUT2D eigenvalue weighted by molar-refractivity contribution is 0.137. The highest BCUT2D eigenvalue weighted by molar-refractivity contribution is 5.20. The summed E-state index contributed by atoms with van der Waals surface area (Å²) in [4.78, 5) is 2.63. The first-order chi connectivity index (χ1) is 10.2. The first kappa shape index (κ1) is 16.5. The molecule has 21 heavy (non-hydrogen) atoms. The van der Waals surface area contributed by atoms with E-state index < -0.39 is 0 Å². The Morgan fingerprint density at radius 3 is 2.29 bits per heavy atom. The zero-order valence-corrected chi connectivity index (χ0v) is 14.0. The van der Waals surface area contributed by atoms with E-state index in [9.17, 15) is 0 Å². The van der Waals surface area contributed by atoms with Gasteiger partial charge in [-0.05, 0) is 38.9 Å². The molecular formula is C19H32N2. The molecule has 2 rings (SSSR count). The van der Waals surface area contributed by atoms with Crippen LogP contribution in [0.3, 0.4) is 0 Å². The number of hydrogen-bond donors (Lipinski definition) is 1. The third kappa shape index (κ3) is 4.55. The number of nitrogens with zero attached hydrogens (tertiary/aromatic N) is 1. The van der Waals surface area contributed by atoms with Crippen LogP contribution in [0.25, 0.3) is 0 Å². The van der Waals surface area contributed by atoms with Gasteiger partial charge in [-0.25, -0.2) is 0 Å². The van der Waals surface area contributed by atoms with Crippen molar-refractivity contribution in [3.05, 3.63) is 35.9 Å². The number of likely N-dealkylation sites (N-methyl/N-ethyl adjacent to an activating group) is 2. The van der Waals surface area contributed by atoms with Crippen LogP contribution in [-0.4, -0.2) is 30.6 Å². The summed E-state index contributed by atoms with van der Waals surface area (Å²) < 4.78 is 0. The van der Waals surface area contributed by atoms with Gasteiger partial charge in [0.1, 0.15) is 0 Å². The summed E-state index contributed by atoms with van der Waals surface area (Å²) >= 11 is 0. The van der Waals surface area contributed by atoms with Crippen molar-refractivity contribution in [2.45, 2.75) is 70.5 Å². The summed E-state index contributed by atoms with van der Waals surface area (Å²) in [7, 11) is 2.33. The van der Waals surface area contributed by atoms with E-state index in [0.29, 0.717) is 12.1 Å². The topological polar surface area (TPSA) is 15.3 Å². The molecule has 1 fully saturated rings. The number of benzene rings is 1. The molecule has 2 atom stereocenters. The van der Waals surface area contributed by atoms with Crippen molar-refractivity contribution < 1.29 is 0 Å². The van der Waals surface area contributed by atoms with Gasteiger partial charge in [0.25, 0.3) is 0 Å². The van der Waals surface area contributed by atoms with Gasteiger partial charge in [0.2, 0.25) is 0 Å². The van der Waals surface area contributed by atoms with Gasteiger partial charge in [-0.3, -0.25) is 4.90 Å². The van der Waals surface area contributed by atoms with Gasteiger partial charge in [0.05, 0.1) is 0 Å². The Bertz CT molecular complexity index is 382. The minimum Gasteiger partial charge on any atom is -0.309 e. The molecule has 0 aliphatic heterocycles. The van der Waals surface area contributed by atoms with E-state index in [4.69, 9.17) is 0 Å². The standard InChI is InChI=1S/C19H32N2/c1-4-20-19(17-12-8-7-9-13-17)16(2)21(3)18-14-10-5-6-11-15-18/h7-9,12-13,16,18-20H,4-6,10-11,14-15H2,1-3H3. The smallest absolute Gasteiger partial charge is 0.0475 e. The Labute approximate surface area is 130 Å². The minimum absolute atomic E-state index is 0.421. The fraction of sp³-hybridized carbons (Fsp3) is 0.684. The average Bonchev–Trinajstić information content (AvgIpc) is 2.81. The molecular weight excluding hydrogens is 256 g/mol. The van der Waals surface area contributed by atoms with Crippen LogP contribution in [0, 0.1) is 0 Å². The third-order valence-electron chi connectivity index (χ3n) is 5.11. The number of nitrogens with one attached hydrogen (secondary N) is 1. The molecule has 1 aromatic carbocycles. The lowest BCUT2D eigenvalue weighted by Gasteiger charge is -2.38. The molecule has 2 nitrogen and oxygen atoms in total. The second kappa shape index (κ2) is 8.55. The summed E-state index contributed by atoms with van der Waals surface area (Å²) in [6.07, 6.45) is 8.39. The van der Waals surface area contributed by atoms with E-state index in [2.05, 4.69) is 61.4 Å². The molecule has 1 saturated carbocycles. The molecule has 2 unspecified atom stereocenters. The molecule has 1 aliphatic carbocycles. The Morgan fingerprint density at radius 2 is 1.71 bits per heavy atom. The number of hydrogen-bond acceptors (Lipinski definition) is 2. The van der Waals surface area contributed by atoms with Gasteiger partial charge in [-0.1, -0.05) is 62.9 Å². The van der Waals surface area contributed by atoms with Gasteiger partial charge < -0.3 is 5.32 Å². The van der Waals surface area contributed by atoms with E-state index in [1.807, 2.05) is 0 Å². The normalized spacial score (nSPS) is 20.2. The van der Waals surface area contributed by atoms with Crippen LogP contribution >= 0.6 is 0 Å². The van der Waals surface area contributed by atoms with Gasteiger partial charge >= 0.3 is 0 Å². The summed E-state index contributed by atoms with van der Waals surface area (Å²) in [5.41, 5.74) is 1.41. The van der Waals surface area contributed by atoms with Crippen molar-refractivity contribution in [3.8, 4) is 0 Å². The van der Waals surface area contributed by atoms with Crippen molar-refractivity contribution in [1.82, 2.24) is 10.2 Å². The molecule has 1 aliphatic rings. The van der Waals surface area contributed by atoms with Crippen LogP contribution < -0.4 is 5.32 Å². The van der Waals surface area contributed by atoms with E-state index in [1.165, 1.54) is 44.1 Å². The zero-order valence-electron chi connectivity index (χ0n) is 14.0. The predicted molar refractivity (Wildman–Crippen MR) is 91.6 cm³/mol. The van der Waals surface area contributed by atoms with E-state index >= 15 is 0 Å². The van der Waals surface area contributed by atoms with Crippen molar-refractivity contribution in [2.75, 3.05) is 13.6 Å². The predicted octanol–water partition coefficient (Wildman–Crippen LogP) is 4.38. The highest BCUT2D eigenvalue weighted by Gasteiger charge is 2.27. The second-order valence-corrected chi connectivity index (χ2v) is 6.50. The summed E-state index contributed by atoms with van der Waals surface area (Å²) in [5, 5.41) is 3.69. The highest BCUT2D eigenvalue weighted by Crippen LogP contribution is 2.27. The van der Waals surface area contributed by atoms with Crippen LogP contribution in [0.1, 0.15) is 64.0 Å². The molecule has 1 aromatic rings. The summed E-state index contributed by atoms with van der Waals surface area (Å²) in [6.45, 7) is 5.60. The minimum atomic E-state index is 0.421. The molecule has 0 saturated heterocycles. The zero-order chi connectivity index (χ0) is 15.1. The molecule has 118 valence electrons. The fourth-order valence-corrected chi connectivity index (χ4v) is 3.68. The van der Waals surface area contributed by atoms with Crippen molar-refractivity contribution >= 4 is 0 Å². The SMILES string of the molecule is CCNC(c1ccccc1)C(C)N(C)C1CCCCCC1. The molecule has 2 heteroatoms. The van der Waals surface area contributed by atoms with E-state index in [1.54, 1.807) is 0 Å². The summed E-state index contributed by atoms with van der Waals surface area (Å²) in [6, 6.07) is 12.6. The largest absolute Gasteiger partial charge is 0.309 e. The van der Waals surface area contributed by atoms with E-state index in [0.717, 1.165) is 12.6 Å². The number of rotatable bonds is 6. The molecule has 0 spiro atoms. The molecule has 1 N–H and O–H groups in total. The van der Waals surface area contributed by atoms with Crippen molar-refractivity contribution in [2.24, 2.45) is 0 Å². The quantitative estimate of drug-likeness (QED) is 0.781. The molecule has 0 bridgehead atoms. The van der Waals surface area contributed by atoms with Gasteiger partial charge in [-0.15, -0.1) is 0 Å². The Hall–Kier alpha value is -0.860. The Kier molecular flexibility index (Phi) is 6.72. The van der Waals surface area contributed by atoms with Crippen LogP contribution in [0.2, 0.25) is 0 Å². The maximum Gasteiger partial charge on any atom is 0.0475 e. The average molecular weight is 288 g/mol. The highest BCUT2D eigenvalue weighted by atomic mass is 15.2. The molecule has 0 heterocycles. The molecule has 0 aromatic heterocycles. The van der Waals surface area contributed by atoms with Crippen LogP contribution in [0.15, 0.2) is 30.3 Å². The maximum absolute atomic E-state index is 3.69. The van der Waals surface area contributed by atoms with Crippen molar-refractivity contribution in [1.29, 1.82) is 0 Å². The van der Waals surface area contributed by atoms with Crippen LogP contribution in [0.4, 0.5) is 0 Å². The van der Waals surface area contributed by atoms with Gasteiger partial charge in [0.15, 0.2) is 0 Å².